The molecule has 1 amide bonds. The molecular formula is C15H21ClN2O4. The lowest BCUT2D eigenvalue weighted by atomic mass is 10.2. The second kappa shape index (κ2) is 8.22. The first-order chi connectivity index (χ1) is 10.3. The van der Waals surface area contributed by atoms with Gasteiger partial charge in [-0.2, -0.15) is 0 Å². The number of benzene rings is 1. The highest BCUT2D eigenvalue weighted by Gasteiger charge is 2.22. The second-order valence-corrected chi connectivity index (χ2v) is 5.23. The summed E-state index contributed by atoms with van der Waals surface area (Å²) in [5.41, 5.74) is 0. The van der Waals surface area contributed by atoms with Crippen LogP contribution >= 0.6 is 12.4 Å². The highest BCUT2D eigenvalue weighted by Crippen LogP contribution is 2.30. The van der Waals surface area contributed by atoms with Crippen molar-refractivity contribution in [2.24, 2.45) is 0 Å². The summed E-state index contributed by atoms with van der Waals surface area (Å²) in [7, 11) is 0. The molecule has 0 spiro atoms. The van der Waals surface area contributed by atoms with E-state index in [1.165, 1.54) is 0 Å². The molecule has 2 aliphatic heterocycles. The van der Waals surface area contributed by atoms with Gasteiger partial charge in [-0.3, -0.25) is 4.79 Å². The van der Waals surface area contributed by atoms with Gasteiger partial charge in [0, 0.05) is 19.0 Å². The number of ether oxygens (including phenoxy) is 3. The summed E-state index contributed by atoms with van der Waals surface area (Å²) in [6.45, 7) is 2.99. The number of fused-ring (bicyclic) bond motifs is 1. The van der Waals surface area contributed by atoms with Crippen molar-refractivity contribution in [3.8, 4) is 11.5 Å². The van der Waals surface area contributed by atoms with E-state index in [2.05, 4.69) is 10.6 Å². The number of para-hydroxylation sites is 2. The second-order valence-electron chi connectivity index (χ2n) is 5.23. The van der Waals surface area contributed by atoms with Crippen LogP contribution in [-0.2, 0) is 9.53 Å². The number of morpholine rings is 1. The fourth-order valence-electron chi connectivity index (χ4n) is 2.44. The Morgan fingerprint density at radius 3 is 2.86 bits per heavy atom. The summed E-state index contributed by atoms with van der Waals surface area (Å²) in [5.74, 6) is 1.48. The molecule has 122 valence electrons. The molecule has 0 aliphatic carbocycles. The lowest BCUT2D eigenvalue weighted by molar-refractivity contribution is -0.122. The number of nitrogens with one attached hydrogen (secondary N) is 2. The standard InChI is InChI=1S/C15H20N2O4.ClH/c18-15(7-11-9-19-6-5-16-11)17-8-12-10-20-13-3-1-2-4-14(13)21-12;/h1-4,11-12,16H,5-10H2,(H,17,18);1H. The molecule has 0 saturated carbocycles. The molecular weight excluding hydrogens is 308 g/mol. The van der Waals surface area contributed by atoms with Gasteiger partial charge in [0.15, 0.2) is 11.5 Å². The fourth-order valence-corrected chi connectivity index (χ4v) is 2.44. The Kier molecular flexibility index (Phi) is 6.30. The number of carbonyl (C=O) groups excluding carboxylic acids is 1. The molecule has 0 radical (unpaired) electrons. The Balaban J connectivity index is 0.00000176. The predicted octanol–water partition coefficient (Wildman–Crippen LogP) is 0.743. The maximum atomic E-state index is 11.9. The van der Waals surface area contributed by atoms with E-state index in [0.717, 1.165) is 18.0 Å². The lowest BCUT2D eigenvalue weighted by Gasteiger charge is -2.27. The molecule has 7 heteroatoms. The van der Waals surface area contributed by atoms with Crippen molar-refractivity contribution in [1.82, 2.24) is 10.6 Å². The summed E-state index contributed by atoms with van der Waals surface area (Å²) in [5, 5.41) is 6.15. The number of rotatable bonds is 4. The van der Waals surface area contributed by atoms with Crippen LogP contribution in [0.3, 0.4) is 0 Å². The summed E-state index contributed by atoms with van der Waals surface area (Å²) < 4.78 is 16.7. The minimum atomic E-state index is -0.153. The van der Waals surface area contributed by atoms with Crippen LogP contribution in [0.15, 0.2) is 24.3 Å². The molecule has 1 aromatic rings. The minimum absolute atomic E-state index is 0. The normalized spacial score (nSPS) is 23.3. The van der Waals surface area contributed by atoms with E-state index in [0.29, 0.717) is 32.8 Å². The number of hydrogen-bond donors (Lipinski definition) is 2. The first kappa shape index (κ1) is 16.9. The van der Waals surface area contributed by atoms with Crippen LogP contribution in [0.1, 0.15) is 6.42 Å². The van der Waals surface area contributed by atoms with Gasteiger partial charge in [0.2, 0.25) is 5.91 Å². The van der Waals surface area contributed by atoms with Crippen LogP contribution in [-0.4, -0.2) is 51.0 Å². The number of halogens is 1. The average Bonchev–Trinajstić information content (AvgIpc) is 2.54. The summed E-state index contributed by atoms with van der Waals surface area (Å²) in [6, 6.07) is 7.65. The van der Waals surface area contributed by atoms with Gasteiger partial charge in [0.05, 0.1) is 19.8 Å². The Morgan fingerprint density at radius 2 is 2.09 bits per heavy atom. The fraction of sp³-hybridized carbons (Fsp3) is 0.533. The van der Waals surface area contributed by atoms with E-state index in [9.17, 15) is 4.79 Å². The Labute approximate surface area is 135 Å². The van der Waals surface area contributed by atoms with E-state index in [1.54, 1.807) is 0 Å². The first-order valence-corrected chi connectivity index (χ1v) is 7.27. The molecule has 0 aromatic heterocycles. The number of hydrogen-bond acceptors (Lipinski definition) is 5. The van der Waals surface area contributed by atoms with Crippen molar-refractivity contribution in [2.75, 3.05) is 32.9 Å². The molecule has 1 aromatic carbocycles. The van der Waals surface area contributed by atoms with E-state index < -0.39 is 0 Å². The zero-order chi connectivity index (χ0) is 14.5. The molecule has 2 unspecified atom stereocenters. The van der Waals surface area contributed by atoms with Crippen molar-refractivity contribution in [2.45, 2.75) is 18.6 Å². The maximum absolute atomic E-state index is 11.9. The average molecular weight is 329 g/mol. The van der Waals surface area contributed by atoms with Crippen LogP contribution in [0.4, 0.5) is 0 Å². The quantitative estimate of drug-likeness (QED) is 0.853. The molecule has 3 rings (SSSR count). The van der Waals surface area contributed by atoms with Gasteiger partial charge in [0.1, 0.15) is 12.7 Å². The minimum Gasteiger partial charge on any atom is -0.486 e. The van der Waals surface area contributed by atoms with E-state index >= 15 is 0 Å². The van der Waals surface area contributed by atoms with Crippen LogP contribution in [0, 0.1) is 0 Å². The highest BCUT2D eigenvalue weighted by atomic mass is 35.5. The molecule has 2 aliphatic rings. The van der Waals surface area contributed by atoms with Gasteiger partial charge in [-0.25, -0.2) is 0 Å². The Bertz CT molecular complexity index is 494. The third kappa shape index (κ3) is 4.50. The van der Waals surface area contributed by atoms with Crippen molar-refractivity contribution < 1.29 is 19.0 Å². The molecule has 6 nitrogen and oxygen atoms in total. The lowest BCUT2D eigenvalue weighted by Crippen LogP contribution is -2.46. The Morgan fingerprint density at radius 1 is 1.27 bits per heavy atom. The van der Waals surface area contributed by atoms with Gasteiger partial charge in [0.25, 0.3) is 0 Å². The van der Waals surface area contributed by atoms with Crippen molar-refractivity contribution in [3.05, 3.63) is 24.3 Å². The highest BCUT2D eigenvalue weighted by molar-refractivity contribution is 5.85. The largest absolute Gasteiger partial charge is 0.486 e. The summed E-state index contributed by atoms with van der Waals surface area (Å²) >= 11 is 0. The van der Waals surface area contributed by atoms with Crippen LogP contribution in [0.5, 0.6) is 11.5 Å². The number of carbonyl (C=O) groups is 1. The van der Waals surface area contributed by atoms with Crippen molar-refractivity contribution in [3.63, 3.8) is 0 Å². The molecule has 2 atom stereocenters. The van der Waals surface area contributed by atoms with Crippen LogP contribution in [0.2, 0.25) is 0 Å². The SMILES string of the molecule is Cl.O=C(CC1COCCN1)NCC1COc2ccccc2O1. The first-order valence-electron chi connectivity index (χ1n) is 7.27. The monoisotopic (exact) mass is 328 g/mol. The summed E-state index contributed by atoms with van der Waals surface area (Å²) in [6.07, 6.45) is 0.267. The smallest absolute Gasteiger partial charge is 0.221 e. The molecule has 2 heterocycles. The van der Waals surface area contributed by atoms with Crippen LogP contribution < -0.4 is 20.1 Å². The molecule has 22 heavy (non-hydrogen) atoms. The zero-order valence-electron chi connectivity index (χ0n) is 12.2. The van der Waals surface area contributed by atoms with Crippen molar-refractivity contribution in [1.29, 1.82) is 0 Å². The third-order valence-electron chi connectivity index (χ3n) is 3.52. The Hall–Kier alpha value is -1.50. The summed E-state index contributed by atoms with van der Waals surface area (Å²) in [4.78, 5) is 11.9. The maximum Gasteiger partial charge on any atom is 0.221 e. The van der Waals surface area contributed by atoms with Crippen LogP contribution in [0.25, 0.3) is 0 Å². The van der Waals surface area contributed by atoms with E-state index in [-0.39, 0.29) is 30.5 Å². The predicted molar refractivity (Wildman–Crippen MR) is 83.8 cm³/mol. The van der Waals surface area contributed by atoms with Gasteiger partial charge < -0.3 is 24.8 Å². The molecule has 2 N–H and O–H groups in total. The number of amides is 1. The third-order valence-corrected chi connectivity index (χ3v) is 3.52. The van der Waals surface area contributed by atoms with E-state index in [4.69, 9.17) is 14.2 Å². The molecule has 1 saturated heterocycles. The topological polar surface area (TPSA) is 68.8 Å². The van der Waals surface area contributed by atoms with Gasteiger partial charge in [-0.05, 0) is 12.1 Å². The zero-order valence-corrected chi connectivity index (χ0v) is 13.1. The van der Waals surface area contributed by atoms with E-state index in [1.807, 2.05) is 24.3 Å². The van der Waals surface area contributed by atoms with Crippen molar-refractivity contribution >= 4 is 18.3 Å². The van der Waals surface area contributed by atoms with Gasteiger partial charge >= 0.3 is 0 Å². The molecule has 0 bridgehead atoms. The van der Waals surface area contributed by atoms with Gasteiger partial charge in [-0.15, -0.1) is 12.4 Å². The van der Waals surface area contributed by atoms with Gasteiger partial charge in [-0.1, -0.05) is 12.1 Å². The molecule has 1 fully saturated rings.